The molecule has 2 rings (SSSR count). The van der Waals surface area contributed by atoms with E-state index in [1.807, 2.05) is 30.3 Å². The van der Waals surface area contributed by atoms with Crippen LogP contribution in [0.25, 0.3) is 0 Å². The van der Waals surface area contributed by atoms with Crippen molar-refractivity contribution in [1.29, 1.82) is 0 Å². The number of nitrogens with one attached hydrogen (secondary N) is 1. The zero-order chi connectivity index (χ0) is 13.3. The van der Waals surface area contributed by atoms with Gasteiger partial charge in [0.2, 0.25) is 0 Å². The molecule has 1 N–H and O–H groups in total. The second-order valence-corrected chi connectivity index (χ2v) is 5.20. The maximum absolute atomic E-state index is 5.81. The number of para-hydroxylation sites is 1. The van der Waals surface area contributed by atoms with Gasteiger partial charge in [-0.1, -0.05) is 25.1 Å². The van der Waals surface area contributed by atoms with Gasteiger partial charge in [-0.05, 0) is 44.5 Å². The molecule has 0 saturated carbocycles. The maximum atomic E-state index is 5.81. The summed E-state index contributed by atoms with van der Waals surface area (Å²) in [5.41, 5.74) is 0. The molecule has 3 heteroatoms. The largest absolute Gasteiger partial charge is 0.492 e. The van der Waals surface area contributed by atoms with Crippen LogP contribution in [-0.4, -0.2) is 43.7 Å². The van der Waals surface area contributed by atoms with E-state index < -0.39 is 0 Å². The molecule has 1 atom stereocenters. The normalized spacial score (nSPS) is 19.6. The molecule has 1 heterocycles. The van der Waals surface area contributed by atoms with Crippen molar-refractivity contribution in [3.8, 4) is 5.75 Å². The molecule has 1 saturated heterocycles. The highest BCUT2D eigenvalue weighted by molar-refractivity contribution is 5.20. The number of hydrogen-bond acceptors (Lipinski definition) is 3. The molecular weight excluding hydrogens is 236 g/mol. The molecule has 0 bridgehead atoms. The summed E-state index contributed by atoms with van der Waals surface area (Å²) in [5, 5.41) is 3.50. The van der Waals surface area contributed by atoms with Crippen molar-refractivity contribution in [3.05, 3.63) is 30.3 Å². The van der Waals surface area contributed by atoms with Crippen LogP contribution in [0, 0.1) is 0 Å². The molecule has 1 unspecified atom stereocenters. The van der Waals surface area contributed by atoms with Crippen LogP contribution in [0.2, 0.25) is 0 Å². The van der Waals surface area contributed by atoms with Gasteiger partial charge in [-0.25, -0.2) is 0 Å². The molecule has 1 aromatic carbocycles. The van der Waals surface area contributed by atoms with Gasteiger partial charge in [-0.15, -0.1) is 0 Å². The lowest BCUT2D eigenvalue weighted by molar-refractivity contribution is 0.138. The molecule has 3 nitrogen and oxygen atoms in total. The number of ether oxygens (including phenoxy) is 1. The van der Waals surface area contributed by atoms with Gasteiger partial charge in [0.25, 0.3) is 0 Å². The molecule has 1 aliphatic heterocycles. The van der Waals surface area contributed by atoms with E-state index in [4.69, 9.17) is 4.74 Å². The van der Waals surface area contributed by atoms with Crippen molar-refractivity contribution in [2.75, 3.05) is 32.8 Å². The quantitative estimate of drug-likeness (QED) is 0.817. The van der Waals surface area contributed by atoms with Crippen molar-refractivity contribution >= 4 is 0 Å². The second-order valence-electron chi connectivity index (χ2n) is 5.20. The summed E-state index contributed by atoms with van der Waals surface area (Å²) in [5.74, 6) is 0.973. The Hall–Kier alpha value is -1.06. The van der Waals surface area contributed by atoms with Crippen molar-refractivity contribution in [1.82, 2.24) is 10.2 Å². The molecule has 1 aliphatic rings. The molecule has 1 aromatic rings. The zero-order valence-corrected chi connectivity index (χ0v) is 12.0. The fourth-order valence-corrected chi connectivity index (χ4v) is 2.71. The molecule has 106 valence electrons. The maximum Gasteiger partial charge on any atom is 0.119 e. The molecule has 0 radical (unpaired) electrons. The zero-order valence-electron chi connectivity index (χ0n) is 12.0. The van der Waals surface area contributed by atoms with E-state index in [9.17, 15) is 0 Å². The minimum atomic E-state index is 0.688. The summed E-state index contributed by atoms with van der Waals surface area (Å²) in [7, 11) is 0. The summed E-state index contributed by atoms with van der Waals surface area (Å²) >= 11 is 0. The molecular formula is C16H26N2O. The Morgan fingerprint density at radius 3 is 2.79 bits per heavy atom. The molecule has 0 aromatic heterocycles. The number of benzene rings is 1. The first kappa shape index (κ1) is 14.4. The highest BCUT2D eigenvalue weighted by Gasteiger charge is 2.19. The molecule has 0 amide bonds. The Labute approximate surface area is 116 Å². The summed E-state index contributed by atoms with van der Waals surface area (Å²) in [4.78, 5) is 2.58. The van der Waals surface area contributed by atoms with E-state index in [0.29, 0.717) is 6.04 Å². The minimum Gasteiger partial charge on any atom is -0.492 e. The van der Waals surface area contributed by atoms with Crippen molar-refractivity contribution < 1.29 is 4.74 Å². The lowest BCUT2D eigenvalue weighted by Crippen LogP contribution is -2.47. The van der Waals surface area contributed by atoms with Gasteiger partial charge in [0.05, 0.1) is 0 Å². The van der Waals surface area contributed by atoms with Crippen LogP contribution in [0.3, 0.4) is 0 Å². The van der Waals surface area contributed by atoms with E-state index in [-0.39, 0.29) is 0 Å². The first-order chi connectivity index (χ1) is 9.40. The van der Waals surface area contributed by atoms with Crippen molar-refractivity contribution in [2.24, 2.45) is 0 Å². The fourth-order valence-electron chi connectivity index (χ4n) is 2.71. The van der Waals surface area contributed by atoms with Crippen molar-refractivity contribution in [3.63, 3.8) is 0 Å². The van der Waals surface area contributed by atoms with E-state index in [2.05, 4.69) is 17.1 Å². The average molecular weight is 262 g/mol. The lowest BCUT2D eigenvalue weighted by atomic mass is 10.1. The van der Waals surface area contributed by atoms with Crippen LogP contribution < -0.4 is 10.1 Å². The molecule has 1 fully saturated rings. The Bertz CT molecular complexity index is 336. The smallest absolute Gasteiger partial charge is 0.119 e. The molecule has 0 spiro atoms. The summed E-state index contributed by atoms with van der Waals surface area (Å²) in [6.45, 7) is 7.53. The highest BCUT2D eigenvalue weighted by Crippen LogP contribution is 2.12. The van der Waals surface area contributed by atoms with Crippen LogP contribution in [-0.2, 0) is 0 Å². The van der Waals surface area contributed by atoms with E-state index in [1.165, 1.54) is 32.4 Å². The van der Waals surface area contributed by atoms with E-state index in [1.54, 1.807) is 0 Å². The number of hydrogen-bond donors (Lipinski definition) is 1. The molecule has 19 heavy (non-hydrogen) atoms. The van der Waals surface area contributed by atoms with Gasteiger partial charge in [-0.3, -0.25) is 4.90 Å². The van der Waals surface area contributed by atoms with Gasteiger partial charge in [-0.2, -0.15) is 0 Å². The van der Waals surface area contributed by atoms with Gasteiger partial charge in [0.15, 0.2) is 0 Å². The van der Waals surface area contributed by atoms with E-state index >= 15 is 0 Å². The number of piperidine rings is 1. The van der Waals surface area contributed by atoms with Gasteiger partial charge < -0.3 is 10.1 Å². The minimum absolute atomic E-state index is 0.688. The van der Waals surface area contributed by atoms with Crippen LogP contribution in [0.5, 0.6) is 5.75 Å². The van der Waals surface area contributed by atoms with Gasteiger partial charge in [0.1, 0.15) is 12.4 Å². The Morgan fingerprint density at radius 1 is 1.26 bits per heavy atom. The fraction of sp³-hybridized carbons (Fsp3) is 0.625. The van der Waals surface area contributed by atoms with E-state index in [0.717, 1.165) is 25.4 Å². The second kappa shape index (κ2) is 8.18. The SMILES string of the molecule is CCCN(CCOc1ccccc1)C1CCCNC1. The molecule has 0 aliphatic carbocycles. The van der Waals surface area contributed by atoms with Crippen LogP contribution in [0.4, 0.5) is 0 Å². The summed E-state index contributed by atoms with van der Waals surface area (Å²) in [6.07, 6.45) is 3.82. The van der Waals surface area contributed by atoms with Gasteiger partial charge >= 0.3 is 0 Å². The lowest BCUT2D eigenvalue weighted by Gasteiger charge is -2.34. The van der Waals surface area contributed by atoms with Crippen LogP contribution in [0.1, 0.15) is 26.2 Å². The average Bonchev–Trinajstić information content (AvgIpc) is 2.48. The Morgan fingerprint density at radius 2 is 2.11 bits per heavy atom. The predicted molar refractivity (Wildman–Crippen MR) is 79.7 cm³/mol. The van der Waals surface area contributed by atoms with Crippen molar-refractivity contribution in [2.45, 2.75) is 32.2 Å². The van der Waals surface area contributed by atoms with Crippen LogP contribution >= 0.6 is 0 Å². The third-order valence-electron chi connectivity index (χ3n) is 3.69. The summed E-state index contributed by atoms with van der Waals surface area (Å²) in [6, 6.07) is 10.8. The number of nitrogens with zero attached hydrogens (tertiary/aromatic N) is 1. The Balaban J connectivity index is 1.76. The van der Waals surface area contributed by atoms with Crippen LogP contribution in [0.15, 0.2) is 30.3 Å². The predicted octanol–water partition coefficient (Wildman–Crippen LogP) is 2.53. The number of rotatable bonds is 7. The first-order valence-corrected chi connectivity index (χ1v) is 7.52. The highest BCUT2D eigenvalue weighted by atomic mass is 16.5. The Kier molecular flexibility index (Phi) is 6.18. The topological polar surface area (TPSA) is 24.5 Å². The third-order valence-corrected chi connectivity index (χ3v) is 3.69. The first-order valence-electron chi connectivity index (χ1n) is 7.52. The van der Waals surface area contributed by atoms with Gasteiger partial charge in [0, 0.05) is 19.1 Å². The monoisotopic (exact) mass is 262 g/mol. The summed E-state index contributed by atoms with van der Waals surface area (Å²) < 4.78 is 5.81. The standard InChI is InChI=1S/C16H26N2O/c1-2-11-18(15-7-6-10-17-14-15)12-13-19-16-8-4-3-5-9-16/h3-5,8-9,15,17H,2,6-7,10-14H2,1H3. The third kappa shape index (κ3) is 4.84.